The molecule has 10 heteroatoms. The smallest absolute Gasteiger partial charge is 0.329 e. The Bertz CT molecular complexity index is 6300. The molecule has 14 aromatic carbocycles. The number of anilines is 4. The molecule has 0 N–H and O–H groups in total. The molecule has 22 rings (SSSR count). The molecule has 0 fully saturated rings. The maximum Gasteiger partial charge on any atom is 0.329 e. The summed E-state index contributed by atoms with van der Waals surface area (Å²) in [6.45, 7) is 53.4. The van der Waals surface area contributed by atoms with Crippen molar-refractivity contribution in [1.29, 1.82) is 0 Å². The quantitative estimate of drug-likeness (QED) is 0.141. The number of hydrogen-bond acceptors (Lipinski definition) is 6. The van der Waals surface area contributed by atoms with E-state index in [1.807, 2.05) is 0 Å². The molecule has 0 saturated carbocycles. The number of ether oxygens (including phenoxy) is 4. The summed E-state index contributed by atoms with van der Waals surface area (Å²) >= 11 is 0. The van der Waals surface area contributed by atoms with E-state index in [9.17, 15) is 0 Å². The minimum absolute atomic E-state index is 0.141. The van der Waals surface area contributed by atoms with E-state index >= 15 is 0 Å². The molecular formula is C108H102B4N2O4. The van der Waals surface area contributed by atoms with E-state index in [2.05, 4.69) is 358 Å². The first-order valence-electron chi connectivity index (χ1n) is 42.3. The fourth-order valence-electron chi connectivity index (χ4n) is 20.9. The number of rotatable bonds is 0. The van der Waals surface area contributed by atoms with Gasteiger partial charge in [0.15, 0.2) is 0 Å². The van der Waals surface area contributed by atoms with Gasteiger partial charge in [-0.3, -0.25) is 0 Å². The summed E-state index contributed by atoms with van der Waals surface area (Å²) < 4.78 is 25.9. The zero-order valence-corrected chi connectivity index (χ0v) is 73.2. The summed E-state index contributed by atoms with van der Waals surface area (Å²) in [6, 6.07) is 68.7. The Hall–Kier alpha value is -11.9. The number of nitrogens with zero attached hydrogens (tertiary/aromatic N) is 2. The predicted molar refractivity (Wildman–Crippen MR) is 504 cm³/mol. The van der Waals surface area contributed by atoms with Crippen molar-refractivity contribution in [3.8, 4) is 90.5 Å². The lowest BCUT2D eigenvalue weighted by molar-refractivity contribution is 0.455. The van der Waals surface area contributed by atoms with Crippen molar-refractivity contribution in [2.45, 2.75) is 166 Å². The fraction of sp³-hybridized carbons (Fsp3) is 0.222. The minimum Gasteiger partial charge on any atom is -0.458 e. The first-order chi connectivity index (χ1) is 56.4. The topological polar surface area (TPSA) is 43.4 Å². The van der Waals surface area contributed by atoms with Crippen LogP contribution in [0.1, 0.15) is 134 Å². The summed E-state index contributed by atoms with van der Waals surface area (Å²) in [7, 11) is 0. The second-order valence-electron chi connectivity index (χ2n) is 35.9. The lowest BCUT2D eigenvalue weighted by Gasteiger charge is -2.45. The number of benzene rings is 14. The number of fused-ring (bicyclic) bond motifs is 30. The van der Waals surface area contributed by atoms with Crippen LogP contribution in [0.2, 0.25) is 0 Å². The van der Waals surface area contributed by atoms with E-state index in [1.54, 1.807) is 0 Å². The highest BCUT2D eigenvalue weighted by molar-refractivity contribution is 6.99. The lowest BCUT2D eigenvalue weighted by Crippen LogP contribution is -2.60. The molecule has 0 aromatic heterocycles. The van der Waals surface area contributed by atoms with Crippen LogP contribution in [-0.4, -0.2) is 27.1 Å². The van der Waals surface area contributed by atoms with Crippen molar-refractivity contribution in [2.24, 2.45) is 0 Å². The van der Waals surface area contributed by atoms with Gasteiger partial charge in [0.05, 0.1) is 0 Å². The lowest BCUT2D eigenvalue weighted by atomic mass is 9.34. The molecule has 8 aliphatic heterocycles. The van der Waals surface area contributed by atoms with Crippen LogP contribution in [-0.2, 0) is 0 Å². The second kappa shape index (κ2) is 27.9. The Morgan fingerprint density at radius 3 is 0.814 bits per heavy atom. The normalized spacial score (nSPS) is 13.3. The monoisotopic (exact) mass is 1530 g/mol. The zero-order valence-electron chi connectivity index (χ0n) is 73.2. The first-order valence-corrected chi connectivity index (χ1v) is 42.3. The van der Waals surface area contributed by atoms with E-state index in [0.717, 1.165) is 57.1 Å². The van der Waals surface area contributed by atoms with E-state index in [0.29, 0.717) is 0 Å². The molecule has 580 valence electrons. The summed E-state index contributed by atoms with van der Waals surface area (Å²) in [5.41, 5.74) is 60.3. The van der Waals surface area contributed by atoms with Gasteiger partial charge in [0, 0.05) is 55.9 Å². The van der Waals surface area contributed by atoms with Crippen molar-refractivity contribution in [3.05, 3.63) is 316 Å². The Labute approximate surface area is 700 Å². The number of hydrogen-bond donors (Lipinski definition) is 0. The summed E-state index contributed by atoms with van der Waals surface area (Å²) in [5, 5.41) is 0. The van der Waals surface area contributed by atoms with Crippen molar-refractivity contribution in [3.63, 3.8) is 0 Å². The maximum absolute atomic E-state index is 6.60. The highest BCUT2D eigenvalue weighted by atomic mass is 16.5. The van der Waals surface area contributed by atoms with Gasteiger partial charge in [-0.15, -0.1) is 0 Å². The Morgan fingerprint density at radius 1 is 0.195 bits per heavy atom. The molecule has 8 aliphatic rings. The predicted octanol–water partition coefficient (Wildman–Crippen LogP) is 21.4. The van der Waals surface area contributed by atoms with Crippen LogP contribution in [0.25, 0.3) is 44.5 Å². The summed E-state index contributed by atoms with van der Waals surface area (Å²) in [5.74, 6) is 7.81. The van der Waals surface area contributed by atoms with Gasteiger partial charge in [-0.05, 0) is 405 Å². The van der Waals surface area contributed by atoms with Crippen molar-refractivity contribution >= 4 is 104 Å². The molecule has 0 aliphatic carbocycles. The number of aryl methyl sites for hydroxylation is 16. The molecule has 14 aromatic rings. The van der Waals surface area contributed by atoms with E-state index < -0.39 is 0 Å². The molecule has 8 heterocycles. The summed E-state index contributed by atoms with van der Waals surface area (Å²) in [6.07, 6.45) is 0. The average molecular weight is 1540 g/mol. The molecular weight excluding hydrogens is 1430 g/mol. The largest absolute Gasteiger partial charge is 0.458 e. The van der Waals surface area contributed by atoms with E-state index in [1.165, 1.54) is 244 Å². The fourth-order valence-corrected chi connectivity index (χ4v) is 20.9. The van der Waals surface area contributed by atoms with Gasteiger partial charge in [0.2, 0.25) is 0 Å². The minimum atomic E-state index is 0.141. The van der Waals surface area contributed by atoms with Gasteiger partial charge in [0.1, 0.15) is 46.0 Å². The van der Waals surface area contributed by atoms with Gasteiger partial charge in [-0.1, -0.05) is 143 Å². The third-order valence-electron chi connectivity index (χ3n) is 27.8. The first kappa shape index (κ1) is 76.1. The van der Waals surface area contributed by atoms with Crippen molar-refractivity contribution in [2.75, 3.05) is 9.62 Å². The molecule has 0 bridgehead atoms. The Morgan fingerprint density at radius 2 is 0.458 bits per heavy atom. The van der Waals surface area contributed by atoms with E-state index in [4.69, 9.17) is 18.9 Å². The Balaban J connectivity index is 0.000000105. The van der Waals surface area contributed by atoms with E-state index in [-0.39, 0.29) is 27.1 Å². The van der Waals surface area contributed by atoms with Crippen molar-refractivity contribution in [1.82, 2.24) is 0 Å². The SMILES string of the molecule is Cc1cc2c(c(C)c1C)Oc1c(C)cc(C)c3c1B2c1cc(C)c(C)c(C)c1O3.Cc1ccc2c(c1)-c1c(cc(C)c(C)c1C)B1c3cc(C)c(C)c(C)c3-c3cc(C)ccc3N12.Cc1ccc2c(c1)-c1cc(C)ccc1N1B2c2ccc(C)cc2-c2cc(C)ccc21.Cc1ccc2c(c1)Oc1c(C)cc(C)c3c1B2c1ccc(C)cc1O3. The van der Waals surface area contributed by atoms with Crippen LogP contribution in [0, 0.1) is 166 Å². The molecule has 0 saturated heterocycles. The molecule has 0 radical (unpaired) electrons. The van der Waals surface area contributed by atoms with Gasteiger partial charge in [0.25, 0.3) is 13.4 Å². The average Bonchev–Trinajstić information content (AvgIpc) is 0.710. The Kier molecular flexibility index (Phi) is 18.0. The third kappa shape index (κ3) is 11.7. The molecule has 0 unspecified atom stereocenters. The van der Waals surface area contributed by atoms with Crippen LogP contribution >= 0.6 is 0 Å². The van der Waals surface area contributed by atoms with Crippen LogP contribution in [0.4, 0.5) is 22.7 Å². The molecule has 0 amide bonds. The molecule has 0 spiro atoms. The summed E-state index contributed by atoms with van der Waals surface area (Å²) in [4.78, 5) is 5.19. The van der Waals surface area contributed by atoms with Gasteiger partial charge >= 0.3 is 13.7 Å². The molecule has 118 heavy (non-hydrogen) atoms. The van der Waals surface area contributed by atoms with Crippen molar-refractivity contribution < 1.29 is 18.9 Å². The van der Waals surface area contributed by atoms with Gasteiger partial charge in [-0.25, -0.2) is 0 Å². The van der Waals surface area contributed by atoms with Gasteiger partial charge in [-0.2, -0.15) is 0 Å². The standard InChI is InChI=1S/C32H32BN.C28H24BN.C26H27BO2.C22H19BO2/c1-17-9-11-29-25(13-17)31-23(7)21(5)19(3)15-27(31)33-28-16-20(4)22(6)24(8)32(28)26-14-18(2)10-12-30(26)34(29)33;1-17-5-9-25-21(13-17)23-15-19(3)7-11-27(23)30-28-12-8-20(4)16-24(28)22-14-18(2)6-10-26(22)29(25)30;1-12-10-20-25(18(7)16(12)5)28-23-14(3)9-15(4)24-22(23)27(20)21-11-13(2)17(6)19(8)26(21)29-24;1-12-5-7-16-18(9-12)24-21-14(3)11-15(4)22-20(21)23(16)17-8-6-13(2)10-19(17)25-22/h9-16H,1-8H3;5-16H,1-4H3;9-11H,1-8H3;5-11H,1-4H3. The maximum atomic E-state index is 6.60. The third-order valence-corrected chi connectivity index (χ3v) is 27.8. The van der Waals surface area contributed by atoms with Crippen LogP contribution in [0.15, 0.2) is 182 Å². The van der Waals surface area contributed by atoms with Crippen LogP contribution in [0.3, 0.4) is 0 Å². The molecule has 0 atom stereocenters. The highest BCUT2D eigenvalue weighted by Crippen LogP contribution is 2.52. The van der Waals surface area contributed by atoms with Crippen LogP contribution < -0.4 is 83.2 Å². The van der Waals surface area contributed by atoms with Crippen LogP contribution in [0.5, 0.6) is 46.0 Å². The highest BCUT2D eigenvalue weighted by Gasteiger charge is 2.48. The molecule has 6 nitrogen and oxygen atoms in total. The van der Waals surface area contributed by atoms with Gasteiger partial charge < -0.3 is 28.6 Å². The zero-order chi connectivity index (χ0) is 82.7. The second-order valence-corrected chi connectivity index (χ2v) is 35.9.